The molecule has 0 amide bonds. The van der Waals surface area contributed by atoms with Crippen LogP contribution in [0.5, 0.6) is 0 Å². The summed E-state index contributed by atoms with van der Waals surface area (Å²) in [5.74, 6) is -0.0572. The van der Waals surface area contributed by atoms with Gasteiger partial charge in [0, 0.05) is 6.61 Å². The van der Waals surface area contributed by atoms with Crippen LogP contribution in [0.3, 0.4) is 0 Å². The fraction of sp³-hybridized carbons (Fsp3) is 0.750. The van der Waals surface area contributed by atoms with E-state index in [0.29, 0.717) is 6.61 Å². The maximum atomic E-state index is 9.40. The summed E-state index contributed by atoms with van der Waals surface area (Å²) in [6.45, 7) is 4.20. The molecule has 1 saturated heterocycles. The Labute approximate surface area is 78.7 Å². The van der Waals surface area contributed by atoms with Crippen molar-refractivity contribution in [2.75, 3.05) is 6.61 Å². The quantitative estimate of drug-likeness (QED) is 0.435. The van der Waals surface area contributed by atoms with Crippen LogP contribution in [0.2, 0.25) is 0 Å². The maximum absolute atomic E-state index is 9.40. The molecular formula is C8H16BNO3. The van der Waals surface area contributed by atoms with E-state index in [1.54, 1.807) is 13.8 Å². The van der Waals surface area contributed by atoms with Gasteiger partial charge in [0.25, 0.3) is 0 Å². The van der Waals surface area contributed by atoms with Gasteiger partial charge in [0.15, 0.2) is 5.88 Å². The Morgan fingerprint density at radius 2 is 2.23 bits per heavy atom. The fourth-order valence-corrected chi connectivity index (χ4v) is 1.23. The number of hydrogen-bond acceptors (Lipinski definition) is 4. The van der Waals surface area contributed by atoms with Crippen LogP contribution in [-0.4, -0.2) is 29.8 Å². The van der Waals surface area contributed by atoms with Crippen LogP contribution in [0, 0.1) is 0 Å². The Morgan fingerprint density at radius 1 is 1.54 bits per heavy atom. The molecule has 0 aliphatic carbocycles. The van der Waals surface area contributed by atoms with Crippen LogP contribution in [0.1, 0.15) is 26.7 Å². The number of aliphatic hydroxyl groups is 1. The van der Waals surface area contributed by atoms with Crippen LogP contribution >= 0.6 is 0 Å². The molecule has 13 heavy (non-hydrogen) atoms. The van der Waals surface area contributed by atoms with Crippen LogP contribution < -0.4 is 5.32 Å². The first-order valence-electron chi connectivity index (χ1n) is 4.54. The number of aliphatic hydroxyl groups excluding tert-OH is 1. The number of rotatable bonds is 2. The van der Waals surface area contributed by atoms with E-state index in [2.05, 4.69) is 5.32 Å². The lowest BCUT2D eigenvalue weighted by molar-refractivity contribution is 0.198. The molecule has 0 radical (unpaired) electrons. The van der Waals surface area contributed by atoms with Crippen LogP contribution in [0.15, 0.2) is 11.5 Å². The molecule has 1 heterocycles. The minimum atomic E-state index is -0.810. The Hall–Kier alpha value is -0.675. The topological polar surface area (TPSA) is 61.7 Å². The summed E-state index contributed by atoms with van der Waals surface area (Å²) in [7, 11) is -0.810. The predicted molar refractivity (Wildman–Crippen MR) is 51.1 cm³/mol. The fourth-order valence-electron chi connectivity index (χ4n) is 1.23. The third-order valence-corrected chi connectivity index (χ3v) is 2.09. The highest BCUT2D eigenvalue weighted by atomic mass is 16.5. The van der Waals surface area contributed by atoms with Crippen molar-refractivity contribution < 1.29 is 14.8 Å². The largest absolute Gasteiger partial charge is 0.495 e. The summed E-state index contributed by atoms with van der Waals surface area (Å²) in [6.07, 6.45) is 1.73. The van der Waals surface area contributed by atoms with Gasteiger partial charge in [-0.15, -0.1) is 0 Å². The molecule has 1 aliphatic rings. The first kappa shape index (κ1) is 10.4. The zero-order valence-corrected chi connectivity index (χ0v) is 8.08. The van der Waals surface area contributed by atoms with Crippen LogP contribution in [0.4, 0.5) is 0 Å². The van der Waals surface area contributed by atoms with Gasteiger partial charge in [0.1, 0.15) is 0 Å². The van der Waals surface area contributed by atoms with Gasteiger partial charge in [-0.3, -0.25) is 0 Å². The molecule has 5 heteroatoms. The third-order valence-electron chi connectivity index (χ3n) is 2.09. The third kappa shape index (κ3) is 2.93. The van der Waals surface area contributed by atoms with E-state index in [0.717, 1.165) is 18.4 Å². The molecule has 0 bridgehead atoms. The summed E-state index contributed by atoms with van der Waals surface area (Å²) in [5.41, 5.74) is 0.803. The summed E-state index contributed by atoms with van der Waals surface area (Å²) in [4.78, 5) is 0. The van der Waals surface area contributed by atoms with Gasteiger partial charge >= 0.3 is 7.12 Å². The van der Waals surface area contributed by atoms with Gasteiger partial charge in [0.05, 0.1) is 5.94 Å². The van der Waals surface area contributed by atoms with Gasteiger partial charge in [0.2, 0.25) is 0 Å². The van der Waals surface area contributed by atoms with Gasteiger partial charge in [-0.1, -0.05) is 0 Å². The highest BCUT2D eigenvalue weighted by Crippen LogP contribution is 2.10. The van der Waals surface area contributed by atoms with Crippen LogP contribution in [-0.2, 0) is 4.65 Å². The van der Waals surface area contributed by atoms with Crippen molar-refractivity contribution >= 4 is 7.12 Å². The smallest absolute Gasteiger partial charge is 0.478 e. The monoisotopic (exact) mass is 185 g/mol. The van der Waals surface area contributed by atoms with E-state index >= 15 is 0 Å². The second-order valence-corrected chi connectivity index (χ2v) is 3.50. The summed E-state index contributed by atoms with van der Waals surface area (Å²) in [5, 5.41) is 21.6. The molecule has 0 aromatic heterocycles. The average Bonchev–Trinajstić information content (AvgIpc) is 2.08. The normalized spacial score (nSPS) is 22.7. The van der Waals surface area contributed by atoms with E-state index in [-0.39, 0.29) is 11.8 Å². The molecule has 1 atom stereocenters. The lowest BCUT2D eigenvalue weighted by Gasteiger charge is -2.25. The zero-order valence-electron chi connectivity index (χ0n) is 8.08. The summed E-state index contributed by atoms with van der Waals surface area (Å²) in [6, 6.07) is 0. The Kier molecular flexibility index (Phi) is 3.63. The molecule has 1 aliphatic heterocycles. The molecule has 4 nitrogen and oxygen atoms in total. The lowest BCUT2D eigenvalue weighted by Crippen LogP contribution is -2.48. The van der Waals surface area contributed by atoms with E-state index in [4.69, 9.17) is 4.65 Å². The van der Waals surface area contributed by atoms with Gasteiger partial charge < -0.3 is 20.1 Å². The van der Waals surface area contributed by atoms with Crippen molar-refractivity contribution in [1.82, 2.24) is 5.32 Å². The number of allylic oxidation sites excluding steroid dienone is 1. The second kappa shape index (κ2) is 4.53. The average molecular weight is 185 g/mol. The van der Waals surface area contributed by atoms with Gasteiger partial charge in [-0.2, -0.15) is 0 Å². The van der Waals surface area contributed by atoms with Crippen molar-refractivity contribution in [2.24, 2.45) is 0 Å². The van der Waals surface area contributed by atoms with Crippen molar-refractivity contribution in [3.8, 4) is 0 Å². The summed E-state index contributed by atoms with van der Waals surface area (Å²) < 4.78 is 5.03. The van der Waals surface area contributed by atoms with E-state index < -0.39 is 7.12 Å². The highest BCUT2D eigenvalue weighted by Gasteiger charge is 2.30. The minimum Gasteiger partial charge on any atom is -0.495 e. The molecule has 74 valence electrons. The SMILES string of the molecule is CC(C)=C(O)NC1CCCOB1O. The van der Waals surface area contributed by atoms with Crippen molar-refractivity contribution in [3.63, 3.8) is 0 Å². The predicted octanol–water partition coefficient (Wildman–Crippen LogP) is 0.584. The highest BCUT2D eigenvalue weighted by molar-refractivity contribution is 6.45. The van der Waals surface area contributed by atoms with Crippen molar-refractivity contribution in [3.05, 3.63) is 11.5 Å². The summed E-state index contributed by atoms with van der Waals surface area (Å²) >= 11 is 0. The number of hydrogen-bond donors (Lipinski definition) is 3. The zero-order chi connectivity index (χ0) is 9.84. The van der Waals surface area contributed by atoms with Crippen molar-refractivity contribution in [2.45, 2.75) is 32.6 Å². The lowest BCUT2D eigenvalue weighted by atomic mass is 9.74. The minimum absolute atomic E-state index is 0.134. The molecule has 0 aromatic rings. The van der Waals surface area contributed by atoms with Gasteiger partial charge in [-0.25, -0.2) is 0 Å². The molecule has 1 fully saturated rings. The Bertz CT molecular complexity index is 204. The van der Waals surface area contributed by atoms with E-state index in [9.17, 15) is 10.1 Å². The molecule has 0 aromatic carbocycles. The number of nitrogens with one attached hydrogen (secondary N) is 1. The Balaban J connectivity index is 2.47. The molecule has 0 spiro atoms. The standard InChI is InChI=1S/C8H16BNO3/c1-6(2)8(11)10-7-4-3-5-13-9(7)12/h7,10-12H,3-5H2,1-2H3. The maximum Gasteiger partial charge on any atom is 0.478 e. The Morgan fingerprint density at radius 3 is 2.77 bits per heavy atom. The molecule has 1 unspecified atom stereocenters. The molecule has 0 saturated carbocycles. The first-order chi connectivity index (χ1) is 6.11. The van der Waals surface area contributed by atoms with Gasteiger partial charge in [-0.05, 0) is 32.3 Å². The van der Waals surface area contributed by atoms with Crippen molar-refractivity contribution in [1.29, 1.82) is 0 Å². The molecular weight excluding hydrogens is 169 g/mol. The molecule has 3 N–H and O–H groups in total. The van der Waals surface area contributed by atoms with E-state index in [1.807, 2.05) is 0 Å². The second-order valence-electron chi connectivity index (χ2n) is 3.50. The van der Waals surface area contributed by atoms with E-state index in [1.165, 1.54) is 0 Å². The molecule has 1 rings (SSSR count). The first-order valence-corrected chi connectivity index (χ1v) is 4.54. The van der Waals surface area contributed by atoms with Crippen LogP contribution in [0.25, 0.3) is 0 Å².